The van der Waals surface area contributed by atoms with Gasteiger partial charge in [-0.15, -0.1) is 0 Å². The number of amides is 2. The van der Waals surface area contributed by atoms with Gasteiger partial charge in [0.05, 0.1) is 11.6 Å². The van der Waals surface area contributed by atoms with Crippen molar-refractivity contribution in [2.45, 2.75) is 25.3 Å². The summed E-state index contributed by atoms with van der Waals surface area (Å²) in [5, 5.41) is 2.86. The number of fused-ring (bicyclic) bond motifs is 1. The van der Waals surface area contributed by atoms with E-state index in [0.717, 1.165) is 19.3 Å². The number of likely N-dealkylation sites (N-methyl/N-ethyl adjacent to an activating group) is 1. The van der Waals surface area contributed by atoms with E-state index >= 15 is 0 Å². The highest BCUT2D eigenvalue weighted by molar-refractivity contribution is 6.06. The van der Waals surface area contributed by atoms with Gasteiger partial charge in [0.1, 0.15) is 5.75 Å². The summed E-state index contributed by atoms with van der Waals surface area (Å²) in [5.41, 5.74) is 3.62. The van der Waals surface area contributed by atoms with Crippen LogP contribution in [0.3, 0.4) is 0 Å². The summed E-state index contributed by atoms with van der Waals surface area (Å²) < 4.78 is 5.81. The van der Waals surface area contributed by atoms with Crippen molar-refractivity contribution in [1.82, 2.24) is 4.90 Å². The lowest BCUT2D eigenvalue weighted by atomic mass is 9.87. The van der Waals surface area contributed by atoms with Gasteiger partial charge in [-0.05, 0) is 54.7 Å². The molecule has 3 aromatic carbocycles. The summed E-state index contributed by atoms with van der Waals surface area (Å²) in [5.74, 6) is 0.00510. The van der Waals surface area contributed by atoms with Crippen LogP contribution >= 0.6 is 0 Å². The summed E-state index contributed by atoms with van der Waals surface area (Å²) in [6, 6.07) is 24.6. The van der Waals surface area contributed by atoms with Crippen LogP contribution in [0.25, 0.3) is 0 Å². The van der Waals surface area contributed by atoms with Crippen LogP contribution in [0.5, 0.6) is 5.75 Å². The zero-order chi connectivity index (χ0) is 21.6. The Kier molecular flexibility index (Phi) is 6.32. The Morgan fingerprint density at radius 2 is 1.68 bits per heavy atom. The minimum absolute atomic E-state index is 0.0534. The molecule has 0 aromatic heterocycles. The SMILES string of the molecule is CN(C(=O)COc1ccccc1C(=O)Nc1ccccc1)[C@H]1CCCc2ccccc21. The fourth-order valence-electron chi connectivity index (χ4n) is 4.05. The molecule has 2 amide bonds. The molecule has 1 aliphatic carbocycles. The first-order chi connectivity index (χ1) is 15.1. The second-order valence-electron chi connectivity index (χ2n) is 7.72. The standard InChI is InChI=1S/C26H26N2O3/c1-28(23-16-9-11-19-10-5-6-14-21(19)23)25(29)18-31-24-17-8-7-15-22(24)26(30)27-20-12-3-2-4-13-20/h2-8,10,12-15,17,23H,9,11,16,18H2,1H3,(H,27,30)/t23-/m0/s1. The Morgan fingerprint density at radius 1 is 0.968 bits per heavy atom. The van der Waals surface area contributed by atoms with Gasteiger partial charge in [0.15, 0.2) is 6.61 Å². The van der Waals surface area contributed by atoms with Gasteiger partial charge in [-0.1, -0.05) is 54.6 Å². The van der Waals surface area contributed by atoms with Crippen LogP contribution in [0.2, 0.25) is 0 Å². The molecule has 1 atom stereocenters. The Morgan fingerprint density at radius 3 is 2.52 bits per heavy atom. The predicted molar refractivity (Wildman–Crippen MR) is 121 cm³/mol. The van der Waals surface area contributed by atoms with E-state index in [0.29, 0.717) is 17.0 Å². The summed E-state index contributed by atoms with van der Waals surface area (Å²) in [6.45, 7) is -0.120. The first-order valence-corrected chi connectivity index (χ1v) is 10.5. The van der Waals surface area contributed by atoms with Crippen LogP contribution in [0, 0.1) is 0 Å². The number of benzene rings is 3. The lowest BCUT2D eigenvalue weighted by Gasteiger charge is -2.33. The van der Waals surface area contributed by atoms with Gasteiger partial charge in [0, 0.05) is 12.7 Å². The van der Waals surface area contributed by atoms with Crippen LogP contribution in [0.4, 0.5) is 5.69 Å². The van der Waals surface area contributed by atoms with Crippen LogP contribution in [0.15, 0.2) is 78.9 Å². The number of para-hydroxylation sites is 2. The van der Waals surface area contributed by atoms with Crippen LogP contribution < -0.4 is 10.1 Å². The van der Waals surface area contributed by atoms with Crippen molar-refractivity contribution in [3.8, 4) is 5.75 Å². The smallest absolute Gasteiger partial charge is 0.260 e. The quantitative estimate of drug-likeness (QED) is 0.627. The Bertz CT molecular complexity index is 1070. The van der Waals surface area contributed by atoms with E-state index in [1.807, 2.05) is 49.5 Å². The number of aryl methyl sites for hydroxylation is 1. The van der Waals surface area contributed by atoms with E-state index in [1.165, 1.54) is 11.1 Å². The number of nitrogens with one attached hydrogen (secondary N) is 1. The highest BCUT2D eigenvalue weighted by atomic mass is 16.5. The topological polar surface area (TPSA) is 58.6 Å². The van der Waals surface area contributed by atoms with Gasteiger partial charge in [-0.3, -0.25) is 9.59 Å². The van der Waals surface area contributed by atoms with Gasteiger partial charge in [0.25, 0.3) is 11.8 Å². The molecule has 0 saturated heterocycles. The normalized spacial score (nSPS) is 14.9. The van der Waals surface area contributed by atoms with E-state index < -0.39 is 0 Å². The van der Waals surface area contributed by atoms with Crippen molar-refractivity contribution in [3.63, 3.8) is 0 Å². The maximum absolute atomic E-state index is 12.9. The molecular weight excluding hydrogens is 388 g/mol. The minimum Gasteiger partial charge on any atom is -0.483 e. The summed E-state index contributed by atoms with van der Waals surface area (Å²) in [4.78, 5) is 27.4. The van der Waals surface area contributed by atoms with E-state index in [-0.39, 0.29) is 24.5 Å². The van der Waals surface area contributed by atoms with Gasteiger partial charge in [-0.25, -0.2) is 0 Å². The van der Waals surface area contributed by atoms with Gasteiger partial charge in [-0.2, -0.15) is 0 Å². The molecule has 31 heavy (non-hydrogen) atoms. The largest absolute Gasteiger partial charge is 0.483 e. The zero-order valence-electron chi connectivity index (χ0n) is 17.6. The predicted octanol–water partition coefficient (Wildman–Crippen LogP) is 4.85. The van der Waals surface area contributed by atoms with Crippen LogP contribution in [0.1, 0.15) is 40.4 Å². The number of carbonyl (C=O) groups is 2. The van der Waals surface area contributed by atoms with Crippen molar-refractivity contribution in [3.05, 3.63) is 95.6 Å². The number of carbonyl (C=O) groups excluding carboxylic acids is 2. The molecule has 0 aliphatic heterocycles. The maximum Gasteiger partial charge on any atom is 0.260 e. The highest BCUT2D eigenvalue weighted by Gasteiger charge is 2.27. The zero-order valence-corrected chi connectivity index (χ0v) is 17.6. The molecule has 5 nitrogen and oxygen atoms in total. The van der Waals surface area contributed by atoms with Crippen molar-refractivity contribution in [2.75, 3.05) is 19.0 Å². The molecule has 0 fully saturated rings. The number of nitrogens with zero attached hydrogens (tertiary/aromatic N) is 1. The third-order valence-electron chi connectivity index (χ3n) is 5.71. The van der Waals surface area contributed by atoms with Crippen molar-refractivity contribution in [2.24, 2.45) is 0 Å². The van der Waals surface area contributed by atoms with Crippen LogP contribution in [-0.2, 0) is 11.2 Å². The fraction of sp³-hybridized carbons (Fsp3) is 0.231. The molecule has 0 heterocycles. The lowest BCUT2D eigenvalue weighted by molar-refractivity contribution is -0.134. The van der Waals surface area contributed by atoms with Crippen LogP contribution in [-0.4, -0.2) is 30.4 Å². The molecule has 1 aliphatic rings. The van der Waals surface area contributed by atoms with Crippen molar-refractivity contribution in [1.29, 1.82) is 0 Å². The monoisotopic (exact) mass is 414 g/mol. The molecule has 1 N–H and O–H groups in total. The number of ether oxygens (including phenoxy) is 1. The molecule has 4 rings (SSSR count). The van der Waals surface area contributed by atoms with E-state index in [1.54, 1.807) is 29.2 Å². The number of hydrogen-bond acceptors (Lipinski definition) is 3. The first kappa shape index (κ1) is 20.7. The summed E-state index contributed by atoms with van der Waals surface area (Å²) in [7, 11) is 1.83. The molecule has 0 saturated carbocycles. The molecule has 158 valence electrons. The maximum atomic E-state index is 12.9. The van der Waals surface area contributed by atoms with E-state index in [4.69, 9.17) is 4.74 Å². The average molecular weight is 415 g/mol. The van der Waals surface area contributed by atoms with Crippen molar-refractivity contribution >= 4 is 17.5 Å². The fourth-order valence-corrected chi connectivity index (χ4v) is 4.05. The highest BCUT2D eigenvalue weighted by Crippen LogP contribution is 2.33. The third kappa shape index (κ3) is 4.77. The van der Waals surface area contributed by atoms with Gasteiger partial charge < -0.3 is 15.0 Å². The molecule has 5 heteroatoms. The molecule has 0 radical (unpaired) electrons. The summed E-state index contributed by atoms with van der Waals surface area (Å²) in [6.07, 6.45) is 3.05. The molecule has 0 bridgehead atoms. The van der Waals surface area contributed by atoms with E-state index in [9.17, 15) is 9.59 Å². The second kappa shape index (κ2) is 9.47. The van der Waals surface area contributed by atoms with E-state index in [2.05, 4.69) is 17.4 Å². The Balaban J connectivity index is 1.43. The average Bonchev–Trinajstić information content (AvgIpc) is 2.82. The molecule has 0 spiro atoms. The molecular formula is C26H26N2O3. The Labute approximate surface area is 182 Å². The number of rotatable bonds is 6. The number of anilines is 1. The third-order valence-corrected chi connectivity index (χ3v) is 5.71. The number of hydrogen-bond donors (Lipinski definition) is 1. The lowest BCUT2D eigenvalue weighted by Crippen LogP contribution is -2.36. The second-order valence-corrected chi connectivity index (χ2v) is 7.72. The molecule has 3 aromatic rings. The Hall–Kier alpha value is -3.60. The minimum atomic E-state index is -0.274. The molecule has 0 unspecified atom stereocenters. The first-order valence-electron chi connectivity index (χ1n) is 10.5. The van der Waals surface area contributed by atoms with Gasteiger partial charge >= 0.3 is 0 Å². The van der Waals surface area contributed by atoms with Gasteiger partial charge in [0.2, 0.25) is 0 Å². The van der Waals surface area contributed by atoms with Crippen molar-refractivity contribution < 1.29 is 14.3 Å². The summed E-state index contributed by atoms with van der Waals surface area (Å²) >= 11 is 0.